The Morgan fingerprint density at radius 1 is 1.44 bits per heavy atom. The molecule has 2 aromatic rings. The quantitative estimate of drug-likeness (QED) is 0.455. The average Bonchev–Trinajstić information content (AvgIpc) is 2.94. The first kappa shape index (κ1) is 19.0. The summed E-state index contributed by atoms with van der Waals surface area (Å²) in [4.78, 5) is 16.9. The topological polar surface area (TPSA) is 39.2 Å². The van der Waals surface area contributed by atoms with Crippen LogP contribution in [0.15, 0.2) is 22.5 Å². The molecule has 1 heterocycles. The first-order chi connectivity index (χ1) is 11.9. The van der Waals surface area contributed by atoms with E-state index >= 15 is 0 Å². The smallest absolute Gasteiger partial charge is 0.316 e. The van der Waals surface area contributed by atoms with E-state index in [9.17, 15) is 4.79 Å². The van der Waals surface area contributed by atoms with E-state index in [1.807, 2.05) is 18.2 Å². The van der Waals surface area contributed by atoms with E-state index in [0.29, 0.717) is 28.5 Å². The molecule has 136 valence electrons. The van der Waals surface area contributed by atoms with Crippen LogP contribution in [0.1, 0.15) is 40.0 Å². The normalized spacial score (nSPS) is 24.0. The van der Waals surface area contributed by atoms with Crippen LogP contribution in [-0.4, -0.2) is 22.8 Å². The van der Waals surface area contributed by atoms with Gasteiger partial charge in [0.1, 0.15) is 6.10 Å². The molecule has 1 aliphatic rings. The SMILES string of the molecule is CC(C)[C@@H]1CC[C@@H](C)C[C@@H]1OC(=O)CSc1nc2cc(Cl)ccc2s1. The van der Waals surface area contributed by atoms with Crippen LogP contribution < -0.4 is 0 Å². The van der Waals surface area contributed by atoms with Crippen LogP contribution in [0.2, 0.25) is 5.02 Å². The minimum atomic E-state index is -0.132. The first-order valence-electron chi connectivity index (χ1n) is 8.80. The van der Waals surface area contributed by atoms with Gasteiger partial charge in [0.2, 0.25) is 0 Å². The van der Waals surface area contributed by atoms with Crippen LogP contribution in [0.25, 0.3) is 10.2 Å². The number of rotatable bonds is 5. The highest BCUT2D eigenvalue weighted by Gasteiger charge is 2.33. The lowest BCUT2D eigenvalue weighted by Gasteiger charge is -2.36. The number of fused-ring (bicyclic) bond motifs is 1. The number of benzene rings is 1. The van der Waals surface area contributed by atoms with Crippen molar-refractivity contribution < 1.29 is 9.53 Å². The third-order valence-corrected chi connectivity index (χ3v) is 7.28. The standard InChI is InChI=1S/C19H24ClNO2S2/c1-11(2)14-6-4-12(3)8-16(14)23-18(22)10-24-19-21-15-9-13(20)5-7-17(15)25-19/h5,7,9,11-12,14,16H,4,6,8,10H2,1-3H3/t12-,14+,16+/m1/s1. The Morgan fingerprint density at radius 2 is 2.24 bits per heavy atom. The summed E-state index contributed by atoms with van der Waals surface area (Å²) in [6, 6.07) is 5.68. The largest absolute Gasteiger partial charge is 0.461 e. The first-order valence-corrected chi connectivity index (χ1v) is 11.0. The Kier molecular flexibility index (Phi) is 6.29. The molecule has 0 radical (unpaired) electrons. The van der Waals surface area contributed by atoms with E-state index in [1.165, 1.54) is 18.2 Å². The van der Waals surface area contributed by atoms with Gasteiger partial charge in [-0.2, -0.15) is 0 Å². The number of hydrogen-bond acceptors (Lipinski definition) is 5. The van der Waals surface area contributed by atoms with Gasteiger partial charge in [0.15, 0.2) is 4.34 Å². The molecule has 0 spiro atoms. The van der Waals surface area contributed by atoms with Crippen LogP contribution in [0.3, 0.4) is 0 Å². The molecule has 0 unspecified atom stereocenters. The van der Waals surface area contributed by atoms with Crippen molar-refractivity contribution in [2.75, 3.05) is 5.75 Å². The lowest BCUT2D eigenvalue weighted by atomic mass is 9.75. The summed E-state index contributed by atoms with van der Waals surface area (Å²) in [5, 5.41) is 0.680. The number of halogens is 1. The molecule has 0 aliphatic heterocycles. The zero-order valence-corrected chi connectivity index (χ0v) is 17.2. The number of nitrogens with zero attached hydrogens (tertiary/aromatic N) is 1. The molecule has 0 N–H and O–H groups in total. The number of hydrogen-bond donors (Lipinski definition) is 0. The Hall–Kier alpha value is -0.780. The van der Waals surface area contributed by atoms with Crippen LogP contribution in [-0.2, 0) is 9.53 Å². The minimum absolute atomic E-state index is 0.0611. The minimum Gasteiger partial charge on any atom is -0.461 e. The van der Waals surface area contributed by atoms with E-state index in [1.54, 1.807) is 11.3 Å². The zero-order chi connectivity index (χ0) is 18.0. The molecule has 0 saturated heterocycles. The van der Waals surface area contributed by atoms with Crippen molar-refractivity contribution in [3.05, 3.63) is 23.2 Å². The van der Waals surface area contributed by atoms with Gasteiger partial charge in [-0.05, 0) is 48.8 Å². The average molecular weight is 398 g/mol. The number of thioether (sulfide) groups is 1. The molecular weight excluding hydrogens is 374 g/mol. The van der Waals surface area contributed by atoms with Crippen molar-refractivity contribution in [1.82, 2.24) is 4.98 Å². The van der Waals surface area contributed by atoms with Crippen LogP contribution in [0.4, 0.5) is 0 Å². The Balaban J connectivity index is 1.57. The predicted octanol–water partition coefficient (Wildman–Crippen LogP) is 6.05. The van der Waals surface area contributed by atoms with Crippen LogP contribution in [0.5, 0.6) is 0 Å². The third-order valence-electron chi connectivity index (χ3n) is 4.89. The molecule has 3 nitrogen and oxygen atoms in total. The second-order valence-electron chi connectivity index (χ2n) is 7.23. The highest BCUT2D eigenvalue weighted by Crippen LogP contribution is 2.36. The summed E-state index contributed by atoms with van der Waals surface area (Å²) < 4.78 is 7.81. The fourth-order valence-corrected chi connectivity index (χ4v) is 5.51. The molecule has 3 atom stereocenters. The van der Waals surface area contributed by atoms with Gasteiger partial charge in [0, 0.05) is 5.02 Å². The van der Waals surface area contributed by atoms with Gasteiger partial charge in [-0.25, -0.2) is 4.98 Å². The fraction of sp³-hybridized carbons (Fsp3) is 0.579. The van der Waals surface area contributed by atoms with E-state index in [0.717, 1.165) is 27.4 Å². The molecule has 0 bridgehead atoms. The molecule has 6 heteroatoms. The summed E-state index contributed by atoms with van der Waals surface area (Å²) in [5.41, 5.74) is 0.884. The maximum atomic E-state index is 12.3. The maximum absolute atomic E-state index is 12.3. The number of esters is 1. The molecule has 1 aromatic heterocycles. The Labute approximate surface area is 162 Å². The molecule has 1 aliphatic carbocycles. The zero-order valence-electron chi connectivity index (χ0n) is 14.8. The number of carbonyl (C=O) groups is 1. The molecule has 1 saturated carbocycles. The van der Waals surface area contributed by atoms with Crippen molar-refractivity contribution >= 4 is 50.9 Å². The number of ether oxygens (including phenoxy) is 1. The summed E-state index contributed by atoms with van der Waals surface area (Å²) >= 11 is 9.03. The van der Waals surface area contributed by atoms with Gasteiger partial charge in [0.05, 0.1) is 16.0 Å². The second kappa shape index (κ2) is 8.28. The van der Waals surface area contributed by atoms with Gasteiger partial charge in [0.25, 0.3) is 0 Å². The van der Waals surface area contributed by atoms with Crippen LogP contribution >= 0.6 is 34.7 Å². The molecule has 25 heavy (non-hydrogen) atoms. The Morgan fingerprint density at radius 3 is 3.00 bits per heavy atom. The number of aromatic nitrogens is 1. The van der Waals surface area contributed by atoms with Gasteiger partial charge < -0.3 is 4.74 Å². The lowest BCUT2D eigenvalue weighted by Crippen LogP contribution is -2.36. The highest BCUT2D eigenvalue weighted by atomic mass is 35.5. The van der Waals surface area contributed by atoms with Crippen molar-refractivity contribution in [2.45, 2.75) is 50.5 Å². The monoisotopic (exact) mass is 397 g/mol. The van der Waals surface area contributed by atoms with Gasteiger partial charge in [-0.3, -0.25) is 4.79 Å². The predicted molar refractivity (Wildman–Crippen MR) is 107 cm³/mol. The third kappa shape index (κ3) is 4.89. The molecular formula is C19H24ClNO2S2. The summed E-state index contributed by atoms with van der Waals surface area (Å²) in [6.45, 7) is 6.70. The molecule has 1 aromatic carbocycles. The highest BCUT2D eigenvalue weighted by molar-refractivity contribution is 8.01. The van der Waals surface area contributed by atoms with Crippen molar-refractivity contribution in [2.24, 2.45) is 17.8 Å². The molecule has 1 fully saturated rings. The van der Waals surface area contributed by atoms with E-state index in [4.69, 9.17) is 16.3 Å². The lowest BCUT2D eigenvalue weighted by molar-refractivity contribution is -0.152. The maximum Gasteiger partial charge on any atom is 0.316 e. The van der Waals surface area contributed by atoms with Crippen molar-refractivity contribution in [1.29, 1.82) is 0 Å². The van der Waals surface area contributed by atoms with Gasteiger partial charge in [-0.1, -0.05) is 50.6 Å². The second-order valence-corrected chi connectivity index (χ2v) is 9.92. The van der Waals surface area contributed by atoms with Crippen molar-refractivity contribution in [3.8, 4) is 0 Å². The van der Waals surface area contributed by atoms with E-state index in [-0.39, 0.29) is 12.1 Å². The Bertz CT molecular complexity index is 746. The summed E-state index contributed by atoms with van der Waals surface area (Å²) in [5.74, 6) is 1.84. The summed E-state index contributed by atoms with van der Waals surface area (Å²) in [7, 11) is 0. The van der Waals surface area contributed by atoms with Crippen LogP contribution in [0, 0.1) is 17.8 Å². The van der Waals surface area contributed by atoms with Gasteiger partial charge >= 0.3 is 5.97 Å². The molecule has 0 amide bonds. The molecule has 3 rings (SSSR count). The fourth-order valence-electron chi connectivity index (χ4n) is 3.51. The van der Waals surface area contributed by atoms with E-state index in [2.05, 4.69) is 25.8 Å². The number of thiazole rings is 1. The summed E-state index contributed by atoms with van der Waals surface area (Å²) in [6.07, 6.45) is 3.44. The van der Waals surface area contributed by atoms with Gasteiger partial charge in [-0.15, -0.1) is 11.3 Å². The number of carbonyl (C=O) groups excluding carboxylic acids is 1. The van der Waals surface area contributed by atoms with E-state index < -0.39 is 0 Å². The van der Waals surface area contributed by atoms with Crippen molar-refractivity contribution in [3.63, 3.8) is 0 Å².